The van der Waals surface area contributed by atoms with Crippen LogP contribution in [-0.4, -0.2) is 29.8 Å². The van der Waals surface area contributed by atoms with Gasteiger partial charge in [-0.05, 0) is 38.1 Å². The van der Waals surface area contributed by atoms with Crippen LogP contribution < -0.4 is 10.5 Å². The van der Waals surface area contributed by atoms with Gasteiger partial charge in [-0.25, -0.2) is 14.1 Å². The molecule has 1 aromatic carbocycles. The van der Waals surface area contributed by atoms with E-state index in [9.17, 15) is 4.39 Å². The van der Waals surface area contributed by atoms with E-state index in [4.69, 9.17) is 10.5 Å². The van der Waals surface area contributed by atoms with Crippen molar-refractivity contribution in [2.24, 2.45) is 0 Å². The molecule has 0 saturated carbocycles. The summed E-state index contributed by atoms with van der Waals surface area (Å²) in [6.07, 6.45) is 5.32. The first-order chi connectivity index (χ1) is 14.5. The monoisotopic (exact) mass is 405 g/mol. The van der Waals surface area contributed by atoms with Gasteiger partial charge in [0.25, 0.3) is 0 Å². The second kappa shape index (κ2) is 6.94. The zero-order valence-electron chi connectivity index (χ0n) is 16.6. The molecule has 0 saturated heterocycles. The van der Waals surface area contributed by atoms with Gasteiger partial charge in [0.1, 0.15) is 11.9 Å². The molecule has 0 spiro atoms. The third kappa shape index (κ3) is 2.90. The molecular formula is C21H20FN7O. The number of halogens is 1. The Bertz CT molecular complexity index is 1250. The molecule has 1 aliphatic rings. The Balaban J connectivity index is 1.79. The zero-order chi connectivity index (χ0) is 20.8. The average molecular weight is 405 g/mol. The first kappa shape index (κ1) is 18.3. The summed E-state index contributed by atoms with van der Waals surface area (Å²) in [5.74, 6) is 0.347. The summed E-state index contributed by atoms with van der Waals surface area (Å²) >= 11 is 0. The lowest BCUT2D eigenvalue weighted by molar-refractivity contribution is 0.226. The highest BCUT2D eigenvalue weighted by Crippen LogP contribution is 2.35. The summed E-state index contributed by atoms with van der Waals surface area (Å²) in [5.41, 5.74) is 11.1. The van der Waals surface area contributed by atoms with Crippen molar-refractivity contribution in [2.75, 3.05) is 5.73 Å². The molecule has 5 rings (SSSR count). The molecular weight excluding hydrogens is 385 g/mol. The number of nitrogens with two attached hydrogens (primary N) is 1. The van der Waals surface area contributed by atoms with Crippen LogP contribution in [0.25, 0.3) is 16.9 Å². The molecule has 4 heterocycles. The van der Waals surface area contributed by atoms with E-state index in [-0.39, 0.29) is 11.6 Å². The molecule has 152 valence electrons. The van der Waals surface area contributed by atoms with Crippen LogP contribution in [0.15, 0.2) is 42.9 Å². The highest BCUT2D eigenvalue weighted by Gasteiger charge is 2.23. The van der Waals surface area contributed by atoms with Gasteiger partial charge in [0.2, 0.25) is 0 Å². The number of nitrogen functional groups attached to an aromatic ring is 1. The van der Waals surface area contributed by atoms with Crippen molar-refractivity contribution in [1.82, 2.24) is 29.8 Å². The Morgan fingerprint density at radius 2 is 2.10 bits per heavy atom. The average Bonchev–Trinajstić information content (AvgIpc) is 3.36. The standard InChI is InChI=1S/C21H20FN7O/c1-3-28-20-13(10-26-28)6-16-11-25-27-29(16)18-5-4-15(22)8-17(18)12(2)30-19-7-14(20)9-24-21(19)23/h4-5,7-12H,3,6H2,1-2H3,(H2,23,24)/t12-/m1/s1. The van der Waals surface area contributed by atoms with Crippen molar-refractivity contribution in [3.8, 4) is 22.7 Å². The smallest absolute Gasteiger partial charge is 0.166 e. The number of hydrogen-bond donors (Lipinski definition) is 1. The van der Waals surface area contributed by atoms with Crippen LogP contribution in [-0.2, 0) is 13.0 Å². The predicted octanol–water partition coefficient (Wildman–Crippen LogP) is 3.31. The highest BCUT2D eigenvalue weighted by atomic mass is 19.1. The molecule has 8 nitrogen and oxygen atoms in total. The Morgan fingerprint density at radius 3 is 2.93 bits per heavy atom. The minimum atomic E-state index is -0.498. The van der Waals surface area contributed by atoms with Crippen molar-refractivity contribution in [1.29, 1.82) is 0 Å². The number of pyridine rings is 1. The second-order valence-corrected chi connectivity index (χ2v) is 7.22. The number of ether oxygens (including phenoxy) is 1. The van der Waals surface area contributed by atoms with Gasteiger partial charge in [-0.3, -0.25) is 4.68 Å². The number of fused-ring (bicyclic) bond motifs is 7. The van der Waals surface area contributed by atoms with Crippen LogP contribution >= 0.6 is 0 Å². The van der Waals surface area contributed by atoms with Gasteiger partial charge in [-0.2, -0.15) is 5.10 Å². The molecule has 3 aromatic heterocycles. The van der Waals surface area contributed by atoms with Gasteiger partial charge in [0.05, 0.1) is 29.5 Å². The largest absolute Gasteiger partial charge is 0.482 e. The van der Waals surface area contributed by atoms with E-state index in [0.717, 1.165) is 22.5 Å². The maximum Gasteiger partial charge on any atom is 0.166 e. The first-order valence-electron chi connectivity index (χ1n) is 9.71. The summed E-state index contributed by atoms with van der Waals surface area (Å²) in [5, 5.41) is 12.9. The van der Waals surface area contributed by atoms with Gasteiger partial charge in [-0.15, -0.1) is 5.10 Å². The van der Waals surface area contributed by atoms with Crippen molar-refractivity contribution in [3.05, 3.63) is 65.5 Å². The number of rotatable bonds is 1. The van der Waals surface area contributed by atoms with Crippen LogP contribution in [0.1, 0.15) is 36.8 Å². The van der Waals surface area contributed by atoms with E-state index in [0.29, 0.717) is 30.0 Å². The van der Waals surface area contributed by atoms with Crippen LogP contribution in [0.4, 0.5) is 10.2 Å². The van der Waals surface area contributed by atoms with Crippen LogP contribution in [0, 0.1) is 5.82 Å². The van der Waals surface area contributed by atoms with Gasteiger partial charge in [-0.1, -0.05) is 5.21 Å². The molecule has 0 unspecified atom stereocenters. The first-order valence-corrected chi connectivity index (χ1v) is 9.71. The maximum absolute atomic E-state index is 14.1. The van der Waals surface area contributed by atoms with E-state index in [2.05, 4.69) is 20.4 Å². The third-order valence-corrected chi connectivity index (χ3v) is 5.32. The zero-order valence-corrected chi connectivity index (χ0v) is 16.6. The minimum Gasteiger partial charge on any atom is -0.482 e. The van der Waals surface area contributed by atoms with Crippen LogP contribution in [0.5, 0.6) is 5.75 Å². The van der Waals surface area contributed by atoms with Crippen LogP contribution in [0.3, 0.4) is 0 Å². The Kier molecular flexibility index (Phi) is 4.23. The fraction of sp³-hybridized carbons (Fsp3) is 0.238. The van der Waals surface area contributed by atoms with Gasteiger partial charge in [0, 0.05) is 35.9 Å². The summed E-state index contributed by atoms with van der Waals surface area (Å²) in [6.45, 7) is 4.57. The molecule has 2 bridgehead atoms. The molecule has 1 atom stereocenters. The Labute approximate surface area is 172 Å². The topological polar surface area (TPSA) is 96.7 Å². The number of anilines is 1. The van der Waals surface area contributed by atoms with Crippen molar-refractivity contribution >= 4 is 5.82 Å². The number of aromatic nitrogens is 6. The summed E-state index contributed by atoms with van der Waals surface area (Å²) < 4.78 is 23.9. The molecule has 4 aromatic rings. The normalized spacial score (nSPS) is 15.2. The van der Waals surface area contributed by atoms with E-state index >= 15 is 0 Å². The number of benzene rings is 1. The number of hydrogen-bond acceptors (Lipinski definition) is 6. The van der Waals surface area contributed by atoms with Crippen molar-refractivity contribution < 1.29 is 9.13 Å². The molecule has 0 amide bonds. The van der Waals surface area contributed by atoms with Crippen LogP contribution in [0.2, 0.25) is 0 Å². The molecule has 0 aliphatic carbocycles. The molecule has 1 aliphatic heterocycles. The summed E-state index contributed by atoms with van der Waals surface area (Å²) in [4.78, 5) is 4.33. The Hall–Kier alpha value is -3.75. The van der Waals surface area contributed by atoms with E-state index in [1.54, 1.807) is 23.1 Å². The SMILES string of the molecule is CCn1ncc2c1-c1cnc(N)c(c1)O[C@H](C)c1cc(F)ccc1-n1nncc1C2. The molecule has 30 heavy (non-hydrogen) atoms. The van der Waals surface area contributed by atoms with E-state index in [1.165, 1.54) is 12.1 Å². The lowest BCUT2D eigenvalue weighted by Crippen LogP contribution is -2.13. The molecule has 0 radical (unpaired) electrons. The fourth-order valence-corrected chi connectivity index (χ4v) is 3.88. The van der Waals surface area contributed by atoms with Gasteiger partial charge < -0.3 is 10.5 Å². The summed E-state index contributed by atoms with van der Waals surface area (Å²) in [7, 11) is 0. The van der Waals surface area contributed by atoms with E-state index < -0.39 is 6.10 Å². The van der Waals surface area contributed by atoms with Crippen molar-refractivity contribution in [3.63, 3.8) is 0 Å². The Morgan fingerprint density at radius 1 is 1.23 bits per heavy atom. The van der Waals surface area contributed by atoms with Gasteiger partial charge in [0.15, 0.2) is 11.6 Å². The predicted molar refractivity (Wildman–Crippen MR) is 109 cm³/mol. The molecule has 0 fully saturated rings. The maximum atomic E-state index is 14.1. The van der Waals surface area contributed by atoms with Gasteiger partial charge >= 0.3 is 0 Å². The van der Waals surface area contributed by atoms with Crippen molar-refractivity contribution in [2.45, 2.75) is 32.9 Å². The second-order valence-electron chi connectivity index (χ2n) is 7.22. The lowest BCUT2D eigenvalue weighted by atomic mass is 10.0. The minimum absolute atomic E-state index is 0.270. The molecule has 2 N–H and O–H groups in total. The summed E-state index contributed by atoms with van der Waals surface area (Å²) in [6, 6.07) is 6.40. The van der Waals surface area contributed by atoms with E-state index in [1.807, 2.05) is 30.8 Å². The third-order valence-electron chi connectivity index (χ3n) is 5.32. The number of nitrogens with zero attached hydrogens (tertiary/aromatic N) is 6. The number of aryl methyl sites for hydroxylation is 1. The highest BCUT2D eigenvalue weighted by molar-refractivity contribution is 5.67. The molecule has 9 heteroatoms. The quantitative estimate of drug-likeness (QED) is 0.522. The fourth-order valence-electron chi connectivity index (χ4n) is 3.88. The lowest BCUT2D eigenvalue weighted by Gasteiger charge is -2.21.